The number of aliphatic hydroxyl groups is 1. The van der Waals surface area contributed by atoms with Gasteiger partial charge < -0.3 is 24.4 Å². The lowest BCUT2D eigenvalue weighted by molar-refractivity contribution is -0.160. The van der Waals surface area contributed by atoms with Crippen LogP contribution in [0.2, 0.25) is 0 Å². The molecule has 0 saturated carbocycles. The van der Waals surface area contributed by atoms with Crippen molar-refractivity contribution in [2.75, 3.05) is 31.2 Å². The number of carbonyl (C=O) groups excluding carboxylic acids is 3. The second kappa shape index (κ2) is 11.8. The summed E-state index contributed by atoms with van der Waals surface area (Å²) in [6.45, 7) is 10.3. The van der Waals surface area contributed by atoms with Gasteiger partial charge in [-0.1, -0.05) is 49.4 Å². The van der Waals surface area contributed by atoms with Gasteiger partial charge in [-0.15, -0.1) is 13.2 Å². The Morgan fingerprint density at radius 2 is 1.93 bits per heavy atom. The Labute approximate surface area is 241 Å². The number of unbranched alkanes of at least 4 members (excludes halogenated alkanes) is 1. The molecule has 8 nitrogen and oxygen atoms in total. The maximum Gasteiger partial charge on any atom is 0.312 e. The van der Waals surface area contributed by atoms with Gasteiger partial charge in [-0.2, -0.15) is 0 Å². The van der Waals surface area contributed by atoms with E-state index in [0.717, 1.165) is 10.8 Å². The first kappa shape index (κ1) is 29.0. The molecular formula is C33H40N2O6. The van der Waals surface area contributed by atoms with Gasteiger partial charge in [0.05, 0.1) is 18.1 Å². The van der Waals surface area contributed by atoms with Crippen LogP contribution in [0.25, 0.3) is 10.8 Å². The fourth-order valence-electron chi connectivity index (χ4n) is 7.27. The number of anilines is 1. The lowest BCUT2D eigenvalue weighted by atomic mass is 9.65. The van der Waals surface area contributed by atoms with Crippen molar-refractivity contribution < 1.29 is 29.0 Å². The minimum absolute atomic E-state index is 0.0113. The number of hydrogen-bond acceptors (Lipinski definition) is 6. The summed E-state index contributed by atoms with van der Waals surface area (Å²) in [5.74, 6) is -2.55. The summed E-state index contributed by atoms with van der Waals surface area (Å²) >= 11 is 0. The number of ether oxygens (including phenoxy) is 2. The molecule has 8 heteroatoms. The number of benzene rings is 2. The lowest BCUT2D eigenvalue weighted by Gasteiger charge is -2.37. The molecule has 2 bridgehead atoms. The van der Waals surface area contributed by atoms with E-state index >= 15 is 0 Å². The van der Waals surface area contributed by atoms with Gasteiger partial charge >= 0.3 is 5.97 Å². The van der Waals surface area contributed by atoms with Crippen LogP contribution in [0.4, 0.5) is 5.69 Å². The van der Waals surface area contributed by atoms with Gasteiger partial charge in [0.15, 0.2) is 0 Å². The molecule has 3 aliphatic heterocycles. The fraction of sp³-hybridized carbons (Fsp3) is 0.485. The van der Waals surface area contributed by atoms with Gasteiger partial charge in [0, 0.05) is 25.4 Å². The van der Waals surface area contributed by atoms with Gasteiger partial charge in [0.1, 0.15) is 17.6 Å². The van der Waals surface area contributed by atoms with Crippen molar-refractivity contribution in [3.05, 3.63) is 67.8 Å². The van der Waals surface area contributed by atoms with Crippen molar-refractivity contribution in [3.63, 3.8) is 0 Å². The van der Waals surface area contributed by atoms with Gasteiger partial charge in [-0.25, -0.2) is 0 Å². The molecule has 2 aromatic carbocycles. The molecule has 41 heavy (non-hydrogen) atoms. The Balaban J connectivity index is 1.56. The van der Waals surface area contributed by atoms with Gasteiger partial charge in [-0.3, -0.25) is 14.4 Å². The molecule has 0 aliphatic carbocycles. The number of likely N-dealkylation sites (tertiary alicyclic amines) is 1. The summed E-state index contributed by atoms with van der Waals surface area (Å²) < 4.78 is 12.5. The molecule has 3 heterocycles. The average Bonchev–Trinajstić information content (AvgIpc) is 3.59. The number of nitrogens with zero attached hydrogens (tertiary/aromatic N) is 2. The summed E-state index contributed by atoms with van der Waals surface area (Å²) in [6.07, 6.45) is 6.50. The largest absolute Gasteiger partial charge is 0.465 e. The first-order chi connectivity index (χ1) is 19.9. The molecule has 2 amide bonds. The number of fused-ring (bicyclic) bond motifs is 2. The zero-order valence-electron chi connectivity index (χ0n) is 23.8. The predicted octanol–water partition coefficient (Wildman–Crippen LogP) is 4.41. The maximum absolute atomic E-state index is 14.7. The first-order valence-corrected chi connectivity index (χ1v) is 14.7. The number of esters is 1. The second-order valence-electron chi connectivity index (χ2n) is 11.3. The zero-order chi connectivity index (χ0) is 29.2. The van der Waals surface area contributed by atoms with Crippen LogP contribution in [0.3, 0.4) is 0 Å². The second-order valence-corrected chi connectivity index (χ2v) is 11.3. The number of amides is 2. The zero-order valence-corrected chi connectivity index (χ0v) is 23.8. The number of aliphatic hydroxyl groups excluding tert-OH is 1. The van der Waals surface area contributed by atoms with Crippen LogP contribution in [-0.2, 0) is 23.9 Å². The summed E-state index contributed by atoms with van der Waals surface area (Å²) in [7, 11) is 0. The van der Waals surface area contributed by atoms with E-state index < -0.39 is 35.0 Å². The quantitative estimate of drug-likeness (QED) is 0.222. The van der Waals surface area contributed by atoms with E-state index in [1.165, 1.54) is 0 Å². The highest BCUT2D eigenvalue weighted by molar-refractivity contribution is 6.05. The smallest absolute Gasteiger partial charge is 0.312 e. The molecule has 3 aliphatic rings. The molecule has 3 fully saturated rings. The van der Waals surface area contributed by atoms with Crippen molar-refractivity contribution in [1.29, 1.82) is 0 Å². The van der Waals surface area contributed by atoms with E-state index in [1.54, 1.807) is 22.0 Å². The molecule has 3 saturated heterocycles. The molecule has 1 N–H and O–H groups in total. The molecule has 218 valence electrons. The first-order valence-electron chi connectivity index (χ1n) is 14.7. The van der Waals surface area contributed by atoms with Gasteiger partial charge in [-0.05, 0) is 61.4 Å². The van der Waals surface area contributed by atoms with Crippen molar-refractivity contribution in [3.8, 4) is 0 Å². The molecule has 0 radical (unpaired) electrons. The van der Waals surface area contributed by atoms with Crippen LogP contribution in [-0.4, -0.2) is 71.3 Å². The number of hydrogen-bond donors (Lipinski definition) is 1. The summed E-state index contributed by atoms with van der Waals surface area (Å²) in [5.41, 5.74) is -1.29. The monoisotopic (exact) mass is 560 g/mol. The topological polar surface area (TPSA) is 96.4 Å². The molecule has 5 atom stereocenters. The number of rotatable bonds is 13. The summed E-state index contributed by atoms with van der Waals surface area (Å²) in [5, 5.41) is 11.5. The van der Waals surface area contributed by atoms with E-state index in [4.69, 9.17) is 9.47 Å². The Hall–Kier alpha value is -3.49. The van der Waals surface area contributed by atoms with Crippen molar-refractivity contribution in [2.45, 2.75) is 62.7 Å². The molecule has 5 rings (SSSR count). The predicted molar refractivity (Wildman–Crippen MR) is 157 cm³/mol. The fourth-order valence-corrected chi connectivity index (χ4v) is 7.27. The minimum atomic E-state index is -1.14. The van der Waals surface area contributed by atoms with Crippen LogP contribution in [0, 0.1) is 11.8 Å². The summed E-state index contributed by atoms with van der Waals surface area (Å²) in [6, 6.07) is 12.9. The molecule has 2 aromatic rings. The molecule has 1 spiro atoms. The van der Waals surface area contributed by atoms with E-state index in [2.05, 4.69) is 13.2 Å². The summed E-state index contributed by atoms with van der Waals surface area (Å²) in [4.78, 5) is 45.7. The highest BCUT2D eigenvalue weighted by atomic mass is 16.6. The van der Waals surface area contributed by atoms with Crippen molar-refractivity contribution >= 4 is 34.2 Å². The SMILES string of the molecule is C=CCCOC(=O)[C@@H]1[C@H]2C(=O)N(CCCCO)C(C(=O)N(CC=C)c3ccc4ccccc4c3)C23CC[C@@]1(CC)O3. The maximum atomic E-state index is 14.7. The van der Waals surface area contributed by atoms with Crippen LogP contribution in [0.5, 0.6) is 0 Å². The number of carbonyl (C=O) groups is 3. The Morgan fingerprint density at radius 1 is 1.15 bits per heavy atom. The third-order valence-electron chi connectivity index (χ3n) is 9.16. The molecule has 0 aromatic heterocycles. The highest BCUT2D eigenvalue weighted by Gasteiger charge is 2.79. The Kier molecular flexibility index (Phi) is 8.34. The molecular weight excluding hydrogens is 520 g/mol. The normalized spacial score (nSPS) is 28.1. The van der Waals surface area contributed by atoms with Crippen LogP contribution < -0.4 is 4.90 Å². The van der Waals surface area contributed by atoms with Gasteiger partial charge in [0.25, 0.3) is 5.91 Å². The van der Waals surface area contributed by atoms with Crippen molar-refractivity contribution in [2.24, 2.45) is 11.8 Å². The van der Waals surface area contributed by atoms with Crippen LogP contribution >= 0.6 is 0 Å². The molecule has 2 unspecified atom stereocenters. The third kappa shape index (κ3) is 4.77. The third-order valence-corrected chi connectivity index (χ3v) is 9.16. The average molecular weight is 561 g/mol. The van der Waals surface area contributed by atoms with E-state index in [9.17, 15) is 19.5 Å². The van der Waals surface area contributed by atoms with Crippen LogP contribution in [0.1, 0.15) is 45.4 Å². The van der Waals surface area contributed by atoms with E-state index in [-0.39, 0.29) is 38.1 Å². The lowest BCUT2D eigenvalue weighted by Crippen LogP contribution is -2.56. The van der Waals surface area contributed by atoms with Gasteiger partial charge in [0.2, 0.25) is 5.91 Å². The van der Waals surface area contributed by atoms with Crippen LogP contribution in [0.15, 0.2) is 67.8 Å². The highest BCUT2D eigenvalue weighted by Crippen LogP contribution is 2.64. The Bertz CT molecular complexity index is 1340. The Morgan fingerprint density at radius 3 is 2.63 bits per heavy atom. The minimum Gasteiger partial charge on any atom is -0.465 e. The van der Waals surface area contributed by atoms with E-state index in [1.807, 2.05) is 49.4 Å². The standard InChI is InChI=1S/C33H40N2O6/c1-4-7-21-40-31(39)27-26-29(37)35(19-10-11-20-36)28(33(26)17-16-32(27,6-3)41-33)30(38)34(18-5-2)25-15-14-23-12-8-9-13-24(23)22-25/h4-5,8-9,12-15,22,26-28,36H,1-2,6-7,10-11,16-21H2,3H3/t26-,27-,28?,32+,33?/m0/s1. The van der Waals surface area contributed by atoms with Crippen molar-refractivity contribution in [1.82, 2.24) is 4.90 Å². The van der Waals surface area contributed by atoms with E-state index in [0.29, 0.717) is 44.2 Å².